The number of nitrogens with two attached hydrogens (primary N) is 1. The number of halogens is 1. The molecule has 1 saturated carbocycles. The maximum absolute atomic E-state index is 6.17. The predicted molar refractivity (Wildman–Crippen MR) is 79.0 cm³/mol. The van der Waals surface area contributed by atoms with E-state index in [1.165, 1.54) is 25.7 Å². The van der Waals surface area contributed by atoms with Crippen molar-refractivity contribution in [2.45, 2.75) is 32.3 Å². The molecule has 0 aliphatic heterocycles. The normalized spacial score (nSPS) is 16.1. The van der Waals surface area contributed by atoms with Crippen LogP contribution in [0.3, 0.4) is 0 Å². The highest BCUT2D eigenvalue weighted by molar-refractivity contribution is 7.80. The lowest BCUT2D eigenvalue weighted by molar-refractivity contribution is 0.0889. The first kappa shape index (κ1) is 13.8. The number of ether oxygens (including phenoxy) is 1. The van der Waals surface area contributed by atoms with Gasteiger partial charge in [-0.05, 0) is 30.4 Å². The summed E-state index contributed by atoms with van der Waals surface area (Å²) >= 11 is 11.1. The van der Waals surface area contributed by atoms with Crippen molar-refractivity contribution in [3.8, 4) is 0 Å². The summed E-state index contributed by atoms with van der Waals surface area (Å²) in [7, 11) is 0. The standard InChI is InChI=1S/C14H18ClNOS/c15-13-7-11(14(16)18)5-6-12(13)9-17-8-10-3-1-2-4-10/h5-7,10H,1-4,8-9H2,(H2,16,18). The van der Waals surface area contributed by atoms with Crippen molar-refractivity contribution in [3.63, 3.8) is 0 Å². The van der Waals surface area contributed by atoms with Crippen LogP contribution in [-0.4, -0.2) is 11.6 Å². The van der Waals surface area contributed by atoms with Crippen molar-refractivity contribution >= 4 is 28.8 Å². The van der Waals surface area contributed by atoms with E-state index >= 15 is 0 Å². The first-order valence-corrected chi connectivity index (χ1v) is 7.11. The molecular weight excluding hydrogens is 266 g/mol. The van der Waals surface area contributed by atoms with Crippen LogP contribution >= 0.6 is 23.8 Å². The van der Waals surface area contributed by atoms with Gasteiger partial charge in [0, 0.05) is 17.2 Å². The highest BCUT2D eigenvalue weighted by Crippen LogP contribution is 2.25. The fraction of sp³-hybridized carbons (Fsp3) is 0.500. The highest BCUT2D eigenvalue weighted by atomic mass is 35.5. The molecule has 1 aliphatic rings. The average molecular weight is 284 g/mol. The van der Waals surface area contributed by atoms with Crippen LogP contribution in [-0.2, 0) is 11.3 Å². The molecule has 0 amide bonds. The van der Waals surface area contributed by atoms with E-state index in [0.717, 1.165) is 23.7 Å². The average Bonchev–Trinajstić information content (AvgIpc) is 2.84. The number of benzene rings is 1. The molecule has 4 heteroatoms. The van der Waals surface area contributed by atoms with Crippen molar-refractivity contribution in [1.29, 1.82) is 0 Å². The molecule has 0 atom stereocenters. The second kappa shape index (κ2) is 6.50. The Morgan fingerprint density at radius 2 is 2.11 bits per heavy atom. The Balaban J connectivity index is 1.87. The van der Waals surface area contributed by atoms with E-state index in [9.17, 15) is 0 Å². The third-order valence-corrected chi connectivity index (χ3v) is 4.01. The number of hydrogen-bond donors (Lipinski definition) is 1. The molecule has 2 rings (SSSR count). The van der Waals surface area contributed by atoms with Gasteiger partial charge < -0.3 is 10.5 Å². The zero-order valence-electron chi connectivity index (χ0n) is 10.3. The summed E-state index contributed by atoms with van der Waals surface area (Å²) in [5.41, 5.74) is 7.35. The van der Waals surface area contributed by atoms with Gasteiger partial charge in [-0.2, -0.15) is 0 Å². The molecule has 0 unspecified atom stereocenters. The van der Waals surface area contributed by atoms with Crippen LogP contribution in [0.5, 0.6) is 0 Å². The van der Waals surface area contributed by atoms with Crippen LogP contribution < -0.4 is 5.73 Å². The Morgan fingerprint density at radius 1 is 1.39 bits per heavy atom. The van der Waals surface area contributed by atoms with E-state index in [-0.39, 0.29) is 0 Å². The van der Waals surface area contributed by atoms with E-state index in [1.54, 1.807) is 6.07 Å². The predicted octanol–water partition coefficient (Wildman–Crippen LogP) is 3.68. The molecule has 1 aromatic carbocycles. The number of hydrogen-bond acceptors (Lipinski definition) is 2. The molecular formula is C14H18ClNOS. The van der Waals surface area contributed by atoms with E-state index in [2.05, 4.69) is 0 Å². The summed E-state index contributed by atoms with van der Waals surface area (Å²) in [6.45, 7) is 1.40. The summed E-state index contributed by atoms with van der Waals surface area (Å²) < 4.78 is 5.74. The molecule has 1 aliphatic carbocycles. The van der Waals surface area contributed by atoms with E-state index in [1.807, 2.05) is 12.1 Å². The van der Waals surface area contributed by atoms with Gasteiger partial charge in [-0.1, -0.05) is 48.8 Å². The van der Waals surface area contributed by atoms with E-state index in [0.29, 0.717) is 16.6 Å². The second-order valence-electron chi connectivity index (χ2n) is 4.84. The minimum Gasteiger partial charge on any atom is -0.389 e. The molecule has 1 aromatic rings. The smallest absolute Gasteiger partial charge is 0.104 e. The Morgan fingerprint density at radius 3 is 2.72 bits per heavy atom. The lowest BCUT2D eigenvalue weighted by atomic mass is 10.1. The third-order valence-electron chi connectivity index (χ3n) is 3.42. The summed E-state index contributed by atoms with van der Waals surface area (Å²) in [6.07, 6.45) is 5.29. The molecule has 1 fully saturated rings. The van der Waals surface area contributed by atoms with Crippen LogP contribution in [0.15, 0.2) is 18.2 Å². The van der Waals surface area contributed by atoms with Gasteiger partial charge in [-0.3, -0.25) is 0 Å². The van der Waals surface area contributed by atoms with Gasteiger partial charge in [-0.25, -0.2) is 0 Å². The van der Waals surface area contributed by atoms with E-state index < -0.39 is 0 Å². The topological polar surface area (TPSA) is 35.2 Å². The molecule has 0 heterocycles. The zero-order chi connectivity index (χ0) is 13.0. The molecule has 0 bridgehead atoms. The molecule has 0 aromatic heterocycles. The van der Waals surface area contributed by atoms with Crippen LogP contribution in [0.4, 0.5) is 0 Å². The molecule has 98 valence electrons. The lowest BCUT2D eigenvalue weighted by Crippen LogP contribution is -2.10. The van der Waals surface area contributed by atoms with Gasteiger partial charge in [0.2, 0.25) is 0 Å². The summed E-state index contributed by atoms with van der Waals surface area (Å²) in [4.78, 5) is 0.371. The van der Waals surface area contributed by atoms with Gasteiger partial charge in [0.25, 0.3) is 0 Å². The fourth-order valence-corrected chi connectivity index (χ4v) is 2.69. The van der Waals surface area contributed by atoms with Gasteiger partial charge in [0.05, 0.1) is 6.61 Å². The van der Waals surface area contributed by atoms with Crippen molar-refractivity contribution in [2.24, 2.45) is 11.7 Å². The first-order valence-electron chi connectivity index (χ1n) is 6.33. The Labute approximate surface area is 118 Å². The fourth-order valence-electron chi connectivity index (χ4n) is 2.33. The van der Waals surface area contributed by atoms with Crippen molar-refractivity contribution in [2.75, 3.05) is 6.61 Å². The Hall–Kier alpha value is -0.640. The van der Waals surface area contributed by atoms with Gasteiger partial charge in [0.1, 0.15) is 4.99 Å². The van der Waals surface area contributed by atoms with Gasteiger partial charge in [-0.15, -0.1) is 0 Å². The third kappa shape index (κ3) is 3.67. The molecule has 2 nitrogen and oxygen atoms in total. The second-order valence-corrected chi connectivity index (χ2v) is 5.68. The highest BCUT2D eigenvalue weighted by Gasteiger charge is 2.15. The zero-order valence-corrected chi connectivity index (χ0v) is 11.9. The van der Waals surface area contributed by atoms with Crippen LogP contribution in [0, 0.1) is 5.92 Å². The Kier molecular flexibility index (Phi) is 4.98. The Bertz CT molecular complexity index is 430. The first-order chi connectivity index (χ1) is 8.66. The van der Waals surface area contributed by atoms with Crippen molar-refractivity contribution in [1.82, 2.24) is 0 Å². The maximum Gasteiger partial charge on any atom is 0.104 e. The van der Waals surface area contributed by atoms with Gasteiger partial charge in [0.15, 0.2) is 0 Å². The SMILES string of the molecule is NC(=S)c1ccc(COCC2CCCC2)c(Cl)c1. The monoisotopic (exact) mass is 283 g/mol. The maximum atomic E-state index is 6.17. The number of thiocarbonyl (C=S) groups is 1. The minimum atomic E-state index is 0.371. The van der Waals surface area contributed by atoms with E-state index in [4.69, 9.17) is 34.3 Å². The molecule has 2 N–H and O–H groups in total. The summed E-state index contributed by atoms with van der Waals surface area (Å²) in [5, 5.41) is 0.673. The van der Waals surface area contributed by atoms with Crippen LogP contribution in [0.2, 0.25) is 5.02 Å². The quantitative estimate of drug-likeness (QED) is 0.837. The molecule has 0 radical (unpaired) electrons. The number of rotatable bonds is 5. The molecule has 0 saturated heterocycles. The largest absolute Gasteiger partial charge is 0.389 e. The van der Waals surface area contributed by atoms with Crippen LogP contribution in [0.1, 0.15) is 36.8 Å². The van der Waals surface area contributed by atoms with Crippen LogP contribution in [0.25, 0.3) is 0 Å². The lowest BCUT2D eigenvalue weighted by Gasteiger charge is -2.11. The minimum absolute atomic E-state index is 0.371. The molecule has 0 spiro atoms. The van der Waals surface area contributed by atoms with Gasteiger partial charge >= 0.3 is 0 Å². The van der Waals surface area contributed by atoms with Crippen molar-refractivity contribution in [3.05, 3.63) is 34.3 Å². The summed E-state index contributed by atoms with van der Waals surface area (Å²) in [6, 6.07) is 5.63. The van der Waals surface area contributed by atoms with Crippen molar-refractivity contribution < 1.29 is 4.74 Å². The summed E-state index contributed by atoms with van der Waals surface area (Å²) in [5.74, 6) is 0.736. The molecule has 18 heavy (non-hydrogen) atoms.